The first-order valence-electron chi connectivity index (χ1n) is 10.3. The second-order valence-electron chi connectivity index (χ2n) is 7.65. The van der Waals surface area contributed by atoms with Gasteiger partial charge in [-0.3, -0.25) is 4.79 Å². The highest BCUT2D eigenvalue weighted by Gasteiger charge is 2.45. The lowest BCUT2D eigenvalue weighted by atomic mass is 9.99. The molecule has 5 N–H and O–H groups in total. The SMILES string of the molecule is COc1ccc(-c2cc(=O)c3c(O)cc(O[C@@H]4O[C@H](CO)[C@@H](O)[C@H](O)[C@H]4O)c(OC)c3o2)cc1. The fraction of sp³-hybridized carbons (Fsp3) is 0.348. The summed E-state index contributed by atoms with van der Waals surface area (Å²) in [5.41, 5.74) is -0.107. The Morgan fingerprint density at radius 2 is 1.68 bits per heavy atom. The predicted octanol–water partition coefficient (Wildman–Crippen LogP) is 0.361. The van der Waals surface area contributed by atoms with Crippen LogP contribution in [-0.2, 0) is 4.74 Å². The maximum atomic E-state index is 12.8. The number of aliphatic hydroxyl groups excluding tert-OH is 4. The van der Waals surface area contributed by atoms with Gasteiger partial charge in [0.1, 0.15) is 47.1 Å². The van der Waals surface area contributed by atoms with Crippen LogP contribution in [0, 0.1) is 0 Å². The molecule has 1 fully saturated rings. The van der Waals surface area contributed by atoms with E-state index >= 15 is 0 Å². The van der Waals surface area contributed by atoms with E-state index in [1.807, 2.05) is 0 Å². The van der Waals surface area contributed by atoms with Gasteiger partial charge in [-0.1, -0.05) is 0 Å². The fourth-order valence-electron chi connectivity index (χ4n) is 3.74. The molecule has 0 bridgehead atoms. The molecule has 0 spiro atoms. The van der Waals surface area contributed by atoms with E-state index in [0.717, 1.165) is 6.07 Å². The van der Waals surface area contributed by atoms with Crippen LogP contribution in [0.1, 0.15) is 0 Å². The van der Waals surface area contributed by atoms with Crippen LogP contribution in [0.15, 0.2) is 45.6 Å². The van der Waals surface area contributed by atoms with Crippen LogP contribution >= 0.6 is 0 Å². The van der Waals surface area contributed by atoms with Crippen molar-refractivity contribution in [1.29, 1.82) is 0 Å². The molecule has 1 aliphatic rings. The Morgan fingerprint density at radius 1 is 0.971 bits per heavy atom. The summed E-state index contributed by atoms with van der Waals surface area (Å²) in [4.78, 5) is 12.8. The highest BCUT2D eigenvalue weighted by atomic mass is 16.7. The number of methoxy groups -OCH3 is 2. The normalized spacial score (nSPS) is 24.7. The average Bonchev–Trinajstić information content (AvgIpc) is 2.84. The Kier molecular flexibility index (Phi) is 6.64. The molecule has 1 saturated heterocycles. The van der Waals surface area contributed by atoms with Crippen LogP contribution in [0.3, 0.4) is 0 Å². The summed E-state index contributed by atoms with van der Waals surface area (Å²) in [5, 5.41) is 50.0. The summed E-state index contributed by atoms with van der Waals surface area (Å²) in [6.45, 7) is -0.648. The van der Waals surface area contributed by atoms with E-state index in [0.29, 0.717) is 11.3 Å². The van der Waals surface area contributed by atoms with Gasteiger partial charge in [0.05, 0.1) is 20.8 Å². The van der Waals surface area contributed by atoms with E-state index in [-0.39, 0.29) is 28.2 Å². The number of phenols is 1. The van der Waals surface area contributed by atoms with Crippen LogP contribution in [-0.4, -0.2) is 77.1 Å². The molecule has 1 aromatic heterocycles. The van der Waals surface area contributed by atoms with Gasteiger partial charge in [0, 0.05) is 17.7 Å². The molecule has 1 aliphatic heterocycles. The van der Waals surface area contributed by atoms with Gasteiger partial charge in [0.2, 0.25) is 12.0 Å². The first kappa shape index (κ1) is 23.8. The molecule has 4 rings (SSSR count). The molecule has 2 heterocycles. The fourth-order valence-corrected chi connectivity index (χ4v) is 3.74. The summed E-state index contributed by atoms with van der Waals surface area (Å²) in [5.74, 6) is 0.0506. The average molecular weight is 476 g/mol. The number of rotatable bonds is 6. The molecule has 2 aromatic carbocycles. The van der Waals surface area contributed by atoms with Crippen molar-refractivity contribution in [2.75, 3.05) is 20.8 Å². The molecule has 0 saturated carbocycles. The van der Waals surface area contributed by atoms with Gasteiger partial charge in [0.15, 0.2) is 16.8 Å². The number of ether oxygens (including phenoxy) is 4. The van der Waals surface area contributed by atoms with Gasteiger partial charge in [-0.2, -0.15) is 0 Å². The zero-order valence-corrected chi connectivity index (χ0v) is 18.2. The molecule has 11 nitrogen and oxygen atoms in total. The molecule has 34 heavy (non-hydrogen) atoms. The quantitative estimate of drug-likeness (QED) is 0.333. The molecule has 182 valence electrons. The molecule has 0 radical (unpaired) electrons. The molecule has 0 aliphatic carbocycles. The van der Waals surface area contributed by atoms with Crippen LogP contribution < -0.4 is 19.6 Å². The second kappa shape index (κ2) is 9.49. The zero-order valence-electron chi connectivity index (χ0n) is 18.2. The second-order valence-corrected chi connectivity index (χ2v) is 7.65. The lowest BCUT2D eigenvalue weighted by Crippen LogP contribution is -2.60. The highest BCUT2D eigenvalue weighted by molar-refractivity contribution is 5.91. The Labute approximate surface area is 192 Å². The molecular formula is C23H24O11. The van der Waals surface area contributed by atoms with E-state index in [4.69, 9.17) is 23.4 Å². The van der Waals surface area contributed by atoms with Gasteiger partial charge in [-0.05, 0) is 24.3 Å². The van der Waals surface area contributed by atoms with Crippen LogP contribution in [0.25, 0.3) is 22.3 Å². The molecule has 11 heteroatoms. The van der Waals surface area contributed by atoms with Gasteiger partial charge in [-0.25, -0.2) is 0 Å². The summed E-state index contributed by atoms with van der Waals surface area (Å²) >= 11 is 0. The summed E-state index contributed by atoms with van der Waals surface area (Å²) in [7, 11) is 2.81. The molecule has 0 amide bonds. The van der Waals surface area contributed by atoms with E-state index in [9.17, 15) is 30.3 Å². The van der Waals surface area contributed by atoms with E-state index in [1.54, 1.807) is 24.3 Å². The molecule has 3 aromatic rings. The first-order chi connectivity index (χ1) is 16.3. The van der Waals surface area contributed by atoms with Crippen molar-refractivity contribution in [2.24, 2.45) is 0 Å². The summed E-state index contributed by atoms with van der Waals surface area (Å²) in [6.07, 6.45) is -7.69. The van der Waals surface area contributed by atoms with Gasteiger partial charge in [0.25, 0.3) is 0 Å². The number of aromatic hydroxyl groups is 1. The maximum absolute atomic E-state index is 12.8. The minimum Gasteiger partial charge on any atom is -0.507 e. The highest BCUT2D eigenvalue weighted by Crippen LogP contribution is 2.42. The predicted molar refractivity (Wildman–Crippen MR) is 117 cm³/mol. The van der Waals surface area contributed by atoms with Crippen LogP contribution in [0.5, 0.6) is 23.0 Å². The smallest absolute Gasteiger partial charge is 0.229 e. The number of hydrogen-bond acceptors (Lipinski definition) is 11. The Hall–Kier alpha value is -3.35. The van der Waals surface area contributed by atoms with Crippen molar-refractivity contribution in [3.8, 4) is 34.3 Å². The minimum absolute atomic E-state index is 0.0859. The lowest BCUT2D eigenvalue weighted by molar-refractivity contribution is -0.277. The number of fused-ring (bicyclic) bond motifs is 1. The third-order valence-electron chi connectivity index (χ3n) is 5.57. The van der Waals surface area contributed by atoms with Crippen molar-refractivity contribution in [3.63, 3.8) is 0 Å². The molecule has 0 unspecified atom stereocenters. The van der Waals surface area contributed by atoms with Gasteiger partial charge in [-0.15, -0.1) is 0 Å². The number of benzene rings is 2. The lowest BCUT2D eigenvalue weighted by Gasteiger charge is -2.39. The van der Waals surface area contributed by atoms with Crippen molar-refractivity contribution in [3.05, 3.63) is 46.6 Å². The minimum atomic E-state index is -1.70. The van der Waals surface area contributed by atoms with Crippen molar-refractivity contribution < 1.29 is 48.9 Å². The third kappa shape index (κ3) is 4.15. The summed E-state index contributed by atoms with van der Waals surface area (Å²) in [6, 6.07) is 9.04. The molecular weight excluding hydrogens is 452 g/mol. The number of aliphatic hydroxyl groups is 4. The summed E-state index contributed by atoms with van der Waals surface area (Å²) < 4.78 is 27.4. The zero-order chi connectivity index (χ0) is 24.6. The van der Waals surface area contributed by atoms with Gasteiger partial charge < -0.3 is 48.9 Å². The monoisotopic (exact) mass is 476 g/mol. The topological polar surface area (TPSA) is 168 Å². The van der Waals surface area contributed by atoms with Crippen molar-refractivity contribution in [2.45, 2.75) is 30.7 Å². The Balaban J connectivity index is 1.79. The standard InChI is InChI=1S/C23H24O11/c1-30-11-5-3-10(4-6-11)14-7-12(25)17-13(26)8-15(21(31-2)22(17)32-14)33-23-20(29)19(28)18(27)16(9-24)34-23/h3-8,16,18-20,23-24,26-29H,9H2,1-2H3/t16-,18-,19+,20-,23-/m1/s1. The Bertz CT molecular complexity index is 1220. The van der Waals surface area contributed by atoms with E-state index in [1.165, 1.54) is 20.3 Å². The maximum Gasteiger partial charge on any atom is 0.229 e. The third-order valence-corrected chi connectivity index (χ3v) is 5.57. The van der Waals surface area contributed by atoms with Gasteiger partial charge >= 0.3 is 0 Å². The van der Waals surface area contributed by atoms with Crippen LogP contribution in [0.2, 0.25) is 0 Å². The van der Waals surface area contributed by atoms with E-state index < -0.39 is 48.5 Å². The van der Waals surface area contributed by atoms with E-state index in [2.05, 4.69) is 0 Å². The largest absolute Gasteiger partial charge is 0.507 e. The first-order valence-corrected chi connectivity index (χ1v) is 10.3. The van der Waals surface area contributed by atoms with Crippen LogP contribution in [0.4, 0.5) is 0 Å². The Morgan fingerprint density at radius 3 is 2.29 bits per heavy atom. The van der Waals surface area contributed by atoms with Crippen molar-refractivity contribution in [1.82, 2.24) is 0 Å². The van der Waals surface area contributed by atoms with Crippen molar-refractivity contribution >= 4 is 11.0 Å². The number of hydrogen-bond donors (Lipinski definition) is 5. The number of phenolic OH excluding ortho intramolecular Hbond substituents is 1. The molecule has 5 atom stereocenters.